The normalized spacial score (nSPS) is 10.8. The molecule has 14 N–H and O–H groups in total. The number of benzene rings is 4. The molecule has 0 heterocycles. The molecule has 0 fully saturated rings. The summed E-state index contributed by atoms with van der Waals surface area (Å²) in [5.41, 5.74) is 34.0. The number of anilines is 2. The molecular formula is C28H36N12O6S2. The van der Waals surface area contributed by atoms with Gasteiger partial charge in [-0.1, -0.05) is 0 Å². The molecule has 4 aromatic rings. The SMILES string of the molecule is C[NH+]=C(N)N.C[NH+]=C(N)N.Nc1ccc(N=Nc2ccc(S(=O)(=O)[O-])cc2)cc1.Nc1ccc(N=Nc2ccc(S(=O)(=O)[O-])cc2)cc1. The first-order valence-corrected chi connectivity index (χ1v) is 16.0. The van der Waals surface area contributed by atoms with Crippen molar-refractivity contribution in [3.8, 4) is 0 Å². The second-order valence-corrected chi connectivity index (χ2v) is 11.6. The third kappa shape index (κ3) is 16.9. The van der Waals surface area contributed by atoms with Gasteiger partial charge in [-0.3, -0.25) is 32.9 Å². The van der Waals surface area contributed by atoms with E-state index in [0.717, 1.165) is 0 Å². The summed E-state index contributed by atoms with van der Waals surface area (Å²) >= 11 is 0. The molecule has 0 radical (unpaired) electrons. The molecule has 0 unspecified atom stereocenters. The minimum absolute atomic E-state index is 0.255. The van der Waals surface area contributed by atoms with E-state index >= 15 is 0 Å². The zero-order chi connectivity index (χ0) is 36.3. The first-order valence-electron chi connectivity index (χ1n) is 13.2. The van der Waals surface area contributed by atoms with Crippen molar-refractivity contribution in [2.75, 3.05) is 25.6 Å². The van der Waals surface area contributed by atoms with Crippen molar-refractivity contribution in [3.63, 3.8) is 0 Å². The molecule has 0 aliphatic rings. The van der Waals surface area contributed by atoms with E-state index in [0.29, 0.717) is 34.1 Å². The second-order valence-electron chi connectivity index (χ2n) is 8.89. The molecule has 0 aliphatic heterocycles. The molecule has 48 heavy (non-hydrogen) atoms. The van der Waals surface area contributed by atoms with Crippen molar-refractivity contribution in [2.24, 2.45) is 43.4 Å². The molecule has 0 amide bonds. The number of rotatable bonds is 6. The van der Waals surface area contributed by atoms with Gasteiger partial charge in [-0.05, 0) is 97.1 Å². The summed E-state index contributed by atoms with van der Waals surface area (Å²) in [7, 11) is -5.53. The summed E-state index contributed by atoms with van der Waals surface area (Å²) in [4.78, 5) is 4.41. The van der Waals surface area contributed by atoms with Gasteiger partial charge in [0.15, 0.2) is 0 Å². The molecule has 0 saturated heterocycles. The summed E-state index contributed by atoms with van der Waals surface area (Å²) in [6.07, 6.45) is 0. The summed E-state index contributed by atoms with van der Waals surface area (Å²) < 4.78 is 64.4. The minimum Gasteiger partial charge on any atom is -0.744 e. The van der Waals surface area contributed by atoms with Crippen molar-refractivity contribution in [1.29, 1.82) is 0 Å². The predicted molar refractivity (Wildman–Crippen MR) is 179 cm³/mol. The van der Waals surface area contributed by atoms with E-state index in [9.17, 15) is 25.9 Å². The number of nitrogens with one attached hydrogen (secondary N) is 2. The van der Waals surface area contributed by atoms with Crippen molar-refractivity contribution < 1.29 is 35.9 Å². The van der Waals surface area contributed by atoms with E-state index < -0.39 is 20.2 Å². The molecule has 4 aromatic carbocycles. The number of azo groups is 2. The van der Waals surface area contributed by atoms with Crippen LogP contribution in [0.25, 0.3) is 0 Å². The van der Waals surface area contributed by atoms with Gasteiger partial charge in [-0.15, -0.1) is 0 Å². The van der Waals surface area contributed by atoms with Crippen molar-refractivity contribution >= 4 is 66.3 Å². The summed E-state index contributed by atoms with van der Waals surface area (Å²) in [6.45, 7) is 0. The molecule has 0 aromatic heterocycles. The Balaban J connectivity index is 0.000000376. The Bertz CT molecular complexity index is 1760. The lowest BCUT2D eigenvalue weighted by Crippen LogP contribution is -2.73. The van der Waals surface area contributed by atoms with Crippen LogP contribution in [0.4, 0.5) is 34.1 Å². The highest BCUT2D eigenvalue weighted by molar-refractivity contribution is 7.86. The predicted octanol–water partition coefficient (Wildman–Crippen LogP) is -0.883. The first kappa shape index (κ1) is 40.1. The Morgan fingerprint density at radius 1 is 0.479 bits per heavy atom. The van der Waals surface area contributed by atoms with Crippen LogP contribution in [0.15, 0.2) is 127 Å². The standard InChI is InChI=1S/2C12H11N3O3S.2C2H7N3/c2*13-9-1-3-10(4-2-9)14-15-11-5-7-12(8-6-11)19(16,17)18;2*1-5-2(3)4/h2*1-8H,13H2,(H,16,17,18);2*1H3,(H4,3,4,5). The molecule has 0 bridgehead atoms. The molecule has 0 aliphatic carbocycles. The van der Waals surface area contributed by atoms with Gasteiger partial charge in [0.25, 0.3) is 0 Å². The number of hydrogen-bond donors (Lipinski definition) is 8. The Morgan fingerprint density at radius 3 is 0.833 bits per heavy atom. The van der Waals surface area contributed by atoms with E-state index in [-0.39, 0.29) is 21.7 Å². The number of hydrogen-bond acceptors (Lipinski definition) is 12. The fourth-order valence-corrected chi connectivity index (χ4v) is 3.61. The van der Waals surface area contributed by atoms with Gasteiger partial charge >= 0.3 is 11.9 Å². The monoisotopic (exact) mass is 700 g/mol. The van der Waals surface area contributed by atoms with Crippen LogP contribution in [0.5, 0.6) is 0 Å². The molecular weight excluding hydrogens is 665 g/mol. The average Bonchev–Trinajstić information content (AvgIpc) is 3.04. The molecule has 0 atom stereocenters. The van der Waals surface area contributed by atoms with Gasteiger partial charge in [-0.2, -0.15) is 20.5 Å². The van der Waals surface area contributed by atoms with E-state index in [1.807, 2.05) is 0 Å². The molecule has 0 saturated carbocycles. The highest BCUT2D eigenvalue weighted by Crippen LogP contribution is 2.22. The van der Waals surface area contributed by atoms with Crippen LogP contribution < -0.4 is 44.4 Å². The fourth-order valence-electron chi connectivity index (χ4n) is 2.67. The molecule has 0 spiro atoms. The molecule has 18 nitrogen and oxygen atoms in total. The zero-order valence-electron chi connectivity index (χ0n) is 25.8. The van der Waals surface area contributed by atoms with E-state index in [2.05, 4.69) is 30.4 Å². The largest absolute Gasteiger partial charge is 0.744 e. The van der Waals surface area contributed by atoms with Crippen LogP contribution in [0.2, 0.25) is 0 Å². The molecule has 256 valence electrons. The summed E-state index contributed by atoms with van der Waals surface area (Å²) in [6, 6.07) is 24.0. The van der Waals surface area contributed by atoms with E-state index in [1.54, 1.807) is 62.6 Å². The Labute approximate surface area is 277 Å². The maximum absolute atomic E-state index is 10.7. The second kappa shape index (κ2) is 19.5. The van der Waals surface area contributed by atoms with E-state index in [4.69, 9.17) is 34.4 Å². The van der Waals surface area contributed by atoms with Crippen LogP contribution in [0.1, 0.15) is 0 Å². The zero-order valence-corrected chi connectivity index (χ0v) is 27.4. The third-order valence-corrected chi connectivity index (χ3v) is 6.88. The fraction of sp³-hybridized carbons (Fsp3) is 0.0714. The van der Waals surface area contributed by atoms with Crippen LogP contribution in [0, 0.1) is 0 Å². The number of nitrogen functional groups attached to an aromatic ring is 2. The lowest BCUT2D eigenvalue weighted by Gasteiger charge is -2.05. The maximum Gasteiger partial charge on any atom is 0.338 e. The Hall–Kier alpha value is -5.96. The number of nitrogens with two attached hydrogens (primary N) is 6. The van der Waals surface area contributed by atoms with Crippen LogP contribution in [-0.2, 0) is 20.2 Å². The summed E-state index contributed by atoms with van der Waals surface area (Å²) in [5, 5.41) is 15.7. The minimum atomic E-state index is -4.43. The van der Waals surface area contributed by atoms with Gasteiger partial charge in [0.2, 0.25) is 0 Å². The van der Waals surface area contributed by atoms with E-state index in [1.165, 1.54) is 48.5 Å². The smallest absolute Gasteiger partial charge is 0.338 e. The molecule has 20 heteroatoms. The average molecular weight is 701 g/mol. The van der Waals surface area contributed by atoms with Crippen LogP contribution in [-0.4, -0.2) is 52.0 Å². The maximum atomic E-state index is 10.7. The summed E-state index contributed by atoms with van der Waals surface area (Å²) in [5.74, 6) is 0.509. The first-order chi connectivity index (χ1) is 22.4. The van der Waals surface area contributed by atoms with Gasteiger partial charge in [-0.25, -0.2) is 16.8 Å². The Kier molecular flexibility index (Phi) is 16.3. The molecule has 4 rings (SSSR count). The van der Waals surface area contributed by atoms with Gasteiger partial charge in [0.05, 0.1) is 46.6 Å². The lowest BCUT2D eigenvalue weighted by atomic mass is 10.3. The highest BCUT2D eigenvalue weighted by Gasteiger charge is 2.01. The van der Waals surface area contributed by atoms with Crippen molar-refractivity contribution in [2.45, 2.75) is 9.79 Å². The number of nitrogens with zero attached hydrogens (tertiary/aromatic N) is 4. The van der Waals surface area contributed by atoms with Gasteiger partial charge in [0, 0.05) is 11.4 Å². The van der Waals surface area contributed by atoms with Crippen molar-refractivity contribution in [1.82, 2.24) is 0 Å². The quantitative estimate of drug-likeness (QED) is 0.0399. The van der Waals surface area contributed by atoms with Crippen LogP contribution in [0.3, 0.4) is 0 Å². The topological polar surface area (TPSA) is 348 Å². The third-order valence-electron chi connectivity index (χ3n) is 5.18. The lowest BCUT2D eigenvalue weighted by molar-refractivity contribution is -0.422. The number of guanidine groups is 2. The van der Waals surface area contributed by atoms with Crippen LogP contribution >= 0.6 is 0 Å². The Morgan fingerprint density at radius 2 is 0.667 bits per heavy atom. The van der Waals surface area contributed by atoms with Gasteiger partial charge in [0.1, 0.15) is 20.2 Å². The highest BCUT2D eigenvalue weighted by atomic mass is 32.2. The van der Waals surface area contributed by atoms with Gasteiger partial charge < -0.3 is 20.6 Å². The van der Waals surface area contributed by atoms with Crippen molar-refractivity contribution in [3.05, 3.63) is 97.1 Å².